The number of aromatic hydroxyl groups is 1. The van der Waals surface area contributed by atoms with Crippen LogP contribution < -0.4 is 10.4 Å². The zero-order valence-corrected chi connectivity index (χ0v) is 11.7. The number of ether oxygens (including phenoxy) is 1. The van der Waals surface area contributed by atoms with Crippen LogP contribution in [0, 0.1) is 13.8 Å². The minimum atomic E-state index is -0.509. The van der Waals surface area contributed by atoms with Crippen LogP contribution in [0.4, 0.5) is 0 Å². The summed E-state index contributed by atoms with van der Waals surface area (Å²) in [5, 5.41) is 10.3. The molecule has 2 aromatic rings. The van der Waals surface area contributed by atoms with Crippen molar-refractivity contribution in [2.75, 3.05) is 0 Å². The van der Waals surface area contributed by atoms with E-state index in [-0.39, 0.29) is 17.4 Å². The number of aryl methyl sites for hydroxylation is 1. The van der Waals surface area contributed by atoms with E-state index >= 15 is 0 Å². The molecular weight excluding hydrogens is 256 g/mol. The van der Waals surface area contributed by atoms with Crippen molar-refractivity contribution >= 4 is 0 Å². The van der Waals surface area contributed by atoms with Gasteiger partial charge < -0.3 is 14.3 Å². The fourth-order valence-corrected chi connectivity index (χ4v) is 2.61. The van der Waals surface area contributed by atoms with Gasteiger partial charge in [-0.05, 0) is 31.9 Å². The average molecular weight is 272 g/mol. The lowest BCUT2D eigenvalue weighted by Gasteiger charge is -2.28. The van der Waals surface area contributed by atoms with E-state index in [0.717, 1.165) is 16.9 Å². The highest BCUT2D eigenvalue weighted by Gasteiger charge is 2.32. The molecule has 1 unspecified atom stereocenters. The molecule has 0 bridgehead atoms. The number of fused-ring (bicyclic) bond motifs is 3. The molecule has 0 saturated carbocycles. The number of hydrogen-bond acceptors (Lipinski definition) is 4. The molecule has 1 aromatic heterocycles. The van der Waals surface area contributed by atoms with Crippen LogP contribution in [0.1, 0.15) is 36.1 Å². The summed E-state index contributed by atoms with van der Waals surface area (Å²) >= 11 is 0. The summed E-state index contributed by atoms with van der Waals surface area (Å²) in [5.41, 5.74) is 1.99. The Balaban J connectivity index is 2.40. The van der Waals surface area contributed by atoms with Gasteiger partial charge in [0.25, 0.3) is 0 Å². The van der Waals surface area contributed by atoms with Gasteiger partial charge in [0.05, 0.1) is 16.7 Å². The largest absolute Gasteiger partial charge is 0.507 e. The van der Waals surface area contributed by atoms with Crippen molar-refractivity contribution in [3.8, 4) is 22.8 Å². The molecule has 104 valence electrons. The first kappa shape index (κ1) is 12.8. The highest BCUT2D eigenvalue weighted by molar-refractivity contribution is 5.74. The van der Waals surface area contributed by atoms with Gasteiger partial charge in [-0.3, -0.25) is 0 Å². The summed E-state index contributed by atoms with van der Waals surface area (Å²) in [7, 11) is 0. The molecule has 20 heavy (non-hydrogen) atoms. The monoisotopic (exact) mass is 272 g/mol. The number of para-hydroxylation sites is 1. The van der Waals surface area contributed by atoms with Crippen LogP contribution >= 0.6 is 0 Å². The molecule has 0 radical (unpaired) electrons. The van der Waals surface area contributed by atoms with E-state index in [1.165, 1.54) is 0 Å². The van der Waals surface area contributed by atoms with Crippen LogP contribution in [0.5, 0.6) is 11.5 Å². The van der Waals surface area contributed by atoms with Crippen molar-refractivity contribution in [3.63, 3.8) is 0 Å². The number of rotatable bonds is 1. The molecule has 0 amide bonds. The zero-order chi connectivity index (χ0) is 14.4. The second-order valence-corrected chi connectivity index (χ2v) is 5.07. The average Bonchev–Trinajstić information content (AvgIpc) is 2.44. The Labute approximate surface area is 116 Å². The normalized spacial score (nSPS) is 16.2. The van der Waals surface area contributed by atoms with E-state index in [9.17, 15) is 9.90 Å². The molecule has 0 saturated heterocycles. The van der Waals surface area contributed by atoms with E-state index in [1.54, 1.807) is 6.92 Å². The standard InChI is InChI=1S/C16H16O4/c1-4-11-12-13(17)9(3)16(18)20-15(12)10-7-5-6-8(2)14(10)19-11/h5-7,11,17H,4H2,1-3H3. The maximum absolute atomic E-state index is 11.8. The van der Waals surface area contributed by atoms with Gasteiger partial charge in [-0.2, -0.15) is 0 Å². The predicted octanol–water partition coefficient (Wildman–Crippen LogP) is 3.47. The fraction of sp³-hybridized carbons (Fsp3) is 0.312. The third-order valence-corrected chi connectivity index (χ3v) is 3.77. The lowest BCUT2D eigenvalue weighted by Crippen LogP contribution is -2.18. The van der Waals surface area contributed by atoms with E-state index in [1.807, 2.05) is 32.0 Å². The Hall–Kier alpha value is -2.23. The van der Waals surface area contributed by atoms with E-state index < -0.39 is 5.63 Å². The van der Waals surface area contributed by atoms with Gasteiger partial charge in [0.2, 0.25) is 0 Å². The molecule has 1 aliphatic heterocycles. The molecule has 0 spiro atoms. The highest BCUT2D eigenvalue weighted by atomic mass is 16.5. The maximum atomic E-state index is 11.8. The Morgan fingerprint density at radius 1 is 1.30 bits per heavy atom. The van der Waals surface area contributed by atoms with Crippen molar-refractivity contribution in [2.45, 2.75) is 33.3 Å². The van der Waals surface area contributed by atoms with Gasteiger partial charge in [-0.1, -0.05) is 19.1 Å². The number of benzene rings is 1. The zero-order valence-electron chi connectivity index (χ0n) is 11.7. The smallest absolute Gasteiger partial charge is 0.342 e. The molecule has 0 fully saturated rings. The van der Waals surface area contributed by atoms with Crippen LogP contribution in [0.25, 0.3) is 11.3 Å². The molecule has 4 nitrogen and oxygen atoms in total. The van der Waals surface area contributed by atoms with Crippen LogP contribution in [0.15, 0.2) is 27.4 Å². The van der Waals surface area contributed by atoms with E-state index in [4.69, 9.17) is 9.15 Å². The molecule has 0 aliphatic carbocycles. The third kappa shape index (κ3) is 1.64. The maximum Gasteiger partial charge on any atom is 0.342 e. The second kappa shape index (κ2) is 4.40. The second-order valence-electron chi connectivity index (χ2n) is 5.07. The van der Waals surface area contributed by atoms with E-state index in [2.05, 4.69) is 0 Å². The van der Waals surface area contributed by atoms with E-state index in [0.29, 0.717) is 17.7 Å². The van der Waals surface area contributed by atoms with Crippen LogP contribution in [-0.2, 0) is 0 Å². The Kier molecular flexibility index (Phi) is 2.82. The molecule has 2 heterocycles. The fourth-order valence-electron chi connectivity index (χ4n) is 2.61. The molecule has 3 rings (SSSR count). The summed E-state index contributed by atoms with van der Waals surface area (Å²) in [5.74, 6) is 1.13. The van der Waals surface area contributed by atoms with Crippen molar-refractivity contribution in [2.24, 2.45) is 0 Å². The first-order chi connectivity index (χ1) is 9.54. The Morgan fingerprint density at radius 2 is 2.05 bits per heavy atom. The van der Waals surface area contributed by atoms with Crippen LogP contribution in [0.2, 0.25) is 0 Å². The molecular formula is C16H16O4. The Bertz CT molecular complexity index is 743. The van der Waals surface area contributed by atoms with Crippen molar-refractivity contribution in [1.82, 2.24) is 0 Å². The minimum absolute atomic E-state index is 0.0183. The molecule has 4 heteroatoms. The van der Waals surface area contributed by atoms with Crippen molar-refractivity contribution in [3.05, 3.63) is 45.3 Å². The van der Waals surface area contributed by atoms with Crippen molar-refractivity contribution in [1.29, 1.82) is 0 Å². The lowest BCUT2D eigenvalue weighted by molar-refractivity contribution is 0.186. The van der Waals surface area contributed by atoms with Gasteiger partial charge in [0.1, 0.15) is 17.6 Å². The molecule has 1 N–H and O–H groups in total. The first-order valence-corrected chi connectivity index (χ1v) is 6.67. The van der Waals surface area contributed by atoms with Crippen LogP contribution in [-0.4, -0.2) is 5.11 Å². The predicted molar refractivity (Wildman–Crippen MR) is 75.2 cm³/mol. The Morgan fingerprint density at radius 3 is 2.75 bits per heavy atom. The van der Waals surface area contributed by atoms with Gasteiger partial charge in [-0.25, -0.2) is 4.79 Å². The first-order valence-electron chi connectivity index (χ1n) is 6.67. The third-order valence-electron chi connectivity index (χ3n) is 3.77. The highest BCUT2D eigenvalue weighted by Crippen LogP contribution is 2.47. The van der Waals surface area contributed by atoms with Crippen molar-refractivity contribution < 1.29 is 14.3 Å². The SMILES string of the molecule is CCC1Oc2c(C)cccc2-c2oc(=O)c(C)c(O)c21. The topological polar surface area (TPSA) is 59.7 Å². The summed E-state index contributed by atoms with van der Waals surface area (Å²) in [4.78, 5) is 11.8. The van der Waals surface area contributed by atoms with Gasteiger partial charge in [0.15, 0.2) is 5.76 Å². The summed E-state index contributed by atoms with van der Waals surface area (Å²) < 4.78 is 11.4. The number of hydrogen-bond donors (Lipinski definition) is 1. The summed E-state index contributed by atoms with van der Waals surface area (Å²) in [6.45, 7) is 5.47. The molecule has 1 atom stereocenters. The van der Waals surface area contributed by atoms with Gasteiger partial charge >= 0.3 is 5.63 Å². The molecule has 1 aromatic carbocycles. The van der Waals surface area contributed by atoms with Gasteiger partial charge in [-0.15, -0.1) is 0 Å². The summed E-state index contributed by atoms with van der Waals surface area (Å²) in [6, 6.07) is 5.66. The van der Waals surface area contributed by atoms with Crippen LogP contribution in [0.3, 0.4) is 0 Å². The quantitative estimate of drug-likeness (QED) is 0.863. The minimum Gasteiger partial charge on any atom is -0.507 e. The summed E-state index contributed by atoms with van der Waals surface area (Å²) in [6.07, 6.45) is 0.378. The lowest BCUT2D eigenvalue weighted by atomic mass is 9.94. The van der Waals surface area contributed by atoms with Gasteiger partial charge in [0, 0.05) is 0 Å². The molecule has 1 aliphatic rings.